The van der Waals surface area contributed by atoms with Crippen LogP contribution >= 0.6 is 11.8 Å². The van der Waals surface area contributed by atoms with Crippen LogP contribution in [-0.4, -0.2) is 112 Å². The molecular weight excluding hydrogens is 984 g/mol. The first-order chi connectivity index (χ1) is 27.7. The Balaban J connectivity index is 0.00000512. The number of carbonyl (C=O) groups excluding carboxylic acids is 2. The summed E-state index contributed by atoms with van der Waals surface area (Å²) in [7, 11) is 5.22. The number of alkyl carbamates (subject to hydrolysis) is 1. The van der Waals surface area contributed by atoms with E-state index in [0.717, 1.165) is 22.3 Å². The Morgan fingerprint density at radius 1 is 1.07 bits per heavy atom. The van der Waals surface area contributed by atoms with Crippen LogP contribution in [0.1, 0.15) is 56.3 Å². The van der Waals surface area contributed by atoms with Crippen molar-refractivity contribution in [2.24, 2.45) is 0 Å². The van der Waals surface area contributed by atoms with Crippen molar-refractivity contribution in [3.05, 3.63) is 75.3 Å². The second-order valence-electron chi connectivity index (χ2n) is 14.7. The fourth-order valence-corrected chi connectivity index (χ4v) is 10.6. The van der Waals surface area contributed by atoms with Gasteiger partial charge >= 0.3 is 12.1 Å². The van der Waals surface area contributed by atoms with Crippen molar-refractivity contribution >= 4 is 23.8 Å². The number of thioether (sulfide) groups is 1. The number of fused-ring (bicyclic) bond motifs is 10. The number of aromatic hydroxyl groups is 1. The van der Waals surface area contributed by atoms with Crippen molar-refractivity contribution in [1.29, 1.82) is 5.26 Å². The van der Waals surface area contributed by atoms with Crippen LogP contribution in [0.3, 0.4) is 0 Å². The van der Waals surface area contributed by atoms with Crippen LogP contribution in [0.4, 0.5) is 4.79 Å². The number of nitriles is 1. The first-order valence-electron chi connectivity index (χ1n) is 18.9. The molecule has 58 heavy (non-hydrogen) atoms. The third-order valence-corrected chi connectivity index (χ3v) is 13.0. The summed E-state index contributed by atoms with van der Waals surface area (Å²) in [6.45, 7) is 4.20. The van der Waals surface area contributed by atoms with Gasteiger partial charge in [-0.2, -0.15) is 5.26 Å². The summed E-state index contributed by atoms with van der Waals surface area (Å²) in [5.41, 5.74) is 5.32. The van der Waals surface area contributed by atoms with Gasteiger partial charge in [-0.1, -0.05) is 36.4 Å². The molecule has 0 aromatic heterocycles. The van der Waals surface area contributed by atoms with Gasteiger partial charge in [-0.3, -0.25) is 9.80 Å². The fraction of sp³-hybridized carbons (Fsp3) is 0.488. The third kappa shape index (κ3) is 7.48. The predicted octanol–water partition coefficient (Wildman–Crippen LogP) is 4.60. The number of phenolic OH excluding ortho intramolecular Hbond substituents is 1. The second-order valence-corrected chi connectivity index (χ2v) is 15.9. The van der Waals surface area contributed by atoms with E-state index in [-0.39, 0.29) is 88.4 Å². The van der Waals surface area contributed by atoms with Crippen LogP contribution in [0.15, 0.2) is 36.4 Å². The quantitative estimate of drug-likeness (QED) is 0.164. The number of aryl methyl sites for hydroxylation is 1. The van der Waals surface area contributed by atoms with E-state index in [9.17, 15) is 20.0 Å². The van der Waals surface area contributed by atoms with Gasteiger partial charge in [0.2, 0.25) is 6.79 Å². The SMILES string of the molecule is COCCOCOc1c(OC)c(C)cc2c1[C@@H]1C3[C@@H]4SC[C@H](NC(=O)OCc5ccccc5)C(=O)OC[C@@H](c5c6c(c(C)c(O)c54)OCO6)N3[C@@H](C#N)[C@H](C2)N1C.[Ac]. The summed E-state index contributed by atoms with van der Waals surface area (Å²) in [6, 6.07) is 10.3. The Kier molecular flexibility index (Phi) is 13.2. The Bertz CT molecular complexity index is 2090. The number of piperazine rings is 1. The maximum atomic E-state index is 13.9. The van der Waals surface area contributed by atoms with E-state index in [4.69, 9.17) is 37.9 Å². The largest absolute Gasteiger partial charge is 0.507 e. The molecule has 0 saturated carbocycles. The van der Waals surface area contributed by atoms with Crippen molar-refractivity contribution in [3.8, 4) is 34.8 Å². The number of likely N-dealkylation sites (N-methyl/N-ethyl adjacent to an activating group) is 1. The van der Waals surface area contributed by atoms with E-state index in [1.54, 1.807) is 21.1 Å². The molecule has 1 amide bonds. The van der Waals surface area contributed by atoms with E-state index in [2.05, 4.69) is 27.3 Å². The molecule has 9 rings (SSSR count). The van der Waals surface area contributed by atoms with Gasteiger partial charge in [0.25, 0.3) is 0 Å². The Labute approximate surface area is 377 Å². The smallest absolute Gasteiger partial charge is 0.408 e. The van der Waals surface area contributed by atoms with Crippen LogP contribution < -0.4 is 24.3 Å². The van der Waals surface area contributed by atoms with Gasteiger partial charge < -0.3 is 48.3 Å². The van der Waals surface area contributed by atoms with Crippen LogP contribution in [0.25, 0.3) is 0 Å². The molecule has 0 aliphatic carbocycles. The molecule has 3 aromatic carbocycles. The summed E-state index contributed by atoms with van der Waals surface area (Å²) in [5.74, 6) is 1.43. The van der Waals surface area contributed by atoms with Gasteiger partial charge in [-0.25, -0.2) is 9.59 Å². The molecule has 6 heterocycles. The molecule has 2 N–H and O–H groups in total. The van der Waals surface area contributed by atoms with Crippen LogP contribution in [0.5, 0.6) is 28.7 Å². The molecule has 3 aromatic rings. The summed E-state index contributed by atoms with van der Waals surface area (Å²) in [4.78, 5) is 31.4. The van der Waals surface area contributed by atoms with E-state index in [0.29, 0.717) is 59.3 Å². The van der Waals surface area contributed by atoms with Gasteiger partial charge in [-0.05, 0) is 44.0 Å². The average molecular weight is 1030 g/mol. The van der Waals surface area contributed by atoms with Gasteiger partial charge in [0.05, 0.1) is 43.7 Å². The molecule has 305 valence electrons. The van der Waals surface area contributed by atoms with Gasteiger partial charge in [-0.15, -0.1) is 11.8 Å². The van der Waals surface area contributed by atoms with E-state index >= 15 is 0 Å². The molecule has 2 saturated heterocycles. The number of amides is 1. The maximum absolute atomic E-state index is 13.9. The number of ether oxygens (including phenoxy) is 8. The van der Waals surface area contributed by atoms with Crippen molar-refractivity contribution in [3.63, 3.8) is 0 Å². The monoisotopic (exact) mass is 1030 g/mol. The van der Waals surface area contributed by atoms with Crippen molar-refractivity contribution in [2.75, 3.05) is 60.4 Å². The van der Waals surface area contributed by atoms with Gasteiger partial charge in [0.15, 0.2) is 29.8 Å². The number of nitrogens with zero attached hydrogens (tertiary/aromatic N) is 3. The molecular formula is C41H46AcN4O11S. The molecule has 6 aliphatic rings. The van der Waals surface area contributed by atoms with E-state index < -0.39 is 47.5 Å². The zero-order valence-corrected chi connectivity index (χ0v) is 38.6. The molecule has 1 radical (unpaired) electrons. The minimum Gasteiger partial charge on any atom is -0.507 e. The Morgan fingerprint density at radius 3 is 2.59 bits per heavy atom. The Morgan fingerprint density at radius 2 is 1.84 bits per heavy atom. The fourth-order valence-electron chi connectivity index (χ4n) is 9.14. The number of methoxy groups -OCH3 is 2. The topological polar surface area (TPSA) is 171 Å². The summed E-state index contributed by atoms with van der Waals surface area (Å²) < 4.78 is 47.0. The normalized spacial score (nSPS) is 25.5. The summed E-state index contributed by atoms with van der Waals surface area (Å²) >= 11 is 1.39. The number of carbonyl (C=O) groups is 2. The van der Waals surface area contributed by atoms with Crippen molar-refractivity contribution in [1.82, 2.24) is 15.1 Å². The minimum absolute atomic E-state index is 0. The second kappa shape index (κ2) is 18.0. The number of esters is 1. The molecule has 1 unspecified atom stereocenters. The minimum atomic E-state index is -1.09. The predicted molar refractivity (Wildman–Crippen MR) is 205 cm³/mol. The number of hydrogen-bond donors (Lipinski definition) is 2. The van der Waals surface area contributed by atoms with E-state index in [1.807, 2.05) is 44.3 Å². The molecule has 15 nitrogen and oxygen atoms in total. The van der Waals surface area contributed by atoms with Crippen molar-refractivity contribution < 1.29 is 96.7 Å². The molecule has 6 aliphatic heterocycles. The first-order valence-corrected chi connectivity index (χ1v) is 19.9. The number of rotatable bonds is 10. The van der Waals surface area contributed by atoms with E-state index in [1.165, 1.54) is 11.8 Å². The molecule has 4 bridgehead atoms. The molecule has 2 fully saturated rings. The zero-order valence-electron chi connectivity index (χ0n) is 33.0. The summed E-state index contributed by atoms with van der Waals surface area (Å²) in [5, 5.41) is 25.5. The van der Waals surface area contributed by atoms with Gasteiger partial charge in [0.1, 0.15) is 31.0 Å². The average Bonchev–Trinajstić information content (AvgIpc) is 3.70. The number of phenols is 1. The number of hydrogen-bond acceptors (Lipinski definition) is 15. The van der Waals surface area contributed by atoms with Crippen LogP contribution in [0.2, 0.25) is 0 Å². The first kappa shape index (κ1) is 42.6. The van der Waals surface area contributed by atoms with Crippen molar-refractivity contribution in [2.45, 2.75) is 68.4 Å². The third-order valence-electron chi connectivity index (χ3n) is 11.6. The zero-order chi connectivity index (χ0) is 40.0. The summed E-state index contributed by atoms with van der Waals surface area (Å²) in [6.07, 6.45) is -0.239. The maximum Gasteiger partial charge on any atom is 0.408 e. The number of nitrogens with one attached hydrogen (secondary N) is 1. The standard InChI is InChI=1S/C41H46N4O11S.Ac/c1-21-13-24-14-26-27(15-42)45-28-17-52-40(47)25(43-41(48)53-16-23-9-7-6-8-10-23)18-57-39(31-30(28)38-36(55-20-56-38)22(2)34(31)46)33(45)32(44(26)3)29(24)37(35(21)50-5)54-19-51-12-11-49-4;/h6-10,13,25-28,32-33,39,46H,11-12,14,16-20H2,1-5H3,(H,43,48);/t25-,26-,27-,28-,32+,33?,39+;/m0./s1. The molecule has 17 heteroatoms. The molecule has 0 spiro atoms. The van der Waals surface area contributed by atoms with Gasteiger partial charge in [0, 0.05) is 91.3 Å². The van der Waals surface area contributed by atoms with Crippen LogP contribution in [-0.2, 0) is 36.8 Å². The van der Waals surface area contributed by atoms with Crippen LogP contribution in [0, 0.1) is 69.2 Å². The Hall–Kier alpha value is -3.48. The number of benzene rings is 3. The molecule has 7 atom stereocenters.